The van der Waals surface area contributed by atoms with Gasteiger partial charge in [0.25, 0.3) is 0 Å². The zero-order chi connectivity index (χ0) is 10.4. The van der Waals surface area contributed by atoms with Crippen molar-refractivity contribution < 1.29 is 0 Å². The summed E-state index contributed by atoms with van der Waals surface area (Å²) in [6.07, 6.45) is 4.13. The van der Waals surface area contributed by atoms with Gasteiger partial charge in [-0.2, -0.15) is 0 Å². The molecule has 0 aliphatic heterocycles. The Labute approximate surface area is 90.9 Å². The molecule has 0 radical (unpaired) electrons. The smallest absolute Gasteiger partial charge is 0.00896 e. The summed E-state index contributed by atoms with van der Waals surface area (Å²) in [5.41, 5.74) is 0. The van der Waals surface area contributed by atoms with Crippen LogP contribution in [0.4, 0.5) is 0 Å². The average molecular weight is 209 g/mol. The van der Waals surface area contributed by atoms with Crippen molar-refractivity contribution in [2.75, 3.05) is 0 Å². The summed E-state index contributed by atoms with van der Waals surface area (Å²) >= 11 is 1.83. The van der Waals surface area contributed by atoms with Gasteiger partial charge in [-0.25, -0.2) is 0 Å². The molecule has 14 heavy (non-hydrogen) atoms. The first kappa shape index (κ1) is 11.5. The molecule has 1 rings (SSSR count). The normalized spacial score (nSPS) is 15.0. The van der Waals surface area contributed by atoms with Crippen LogP contribution >= 0.6 is 11.3 Å². The molecule has 1 nitrogen and oxygen atoms in total. The predicted molar refractivity (Wildman–Crippen MR) is 64.9 cm³/mol. The summed E-state index contributed by atoms with van der Waals surface area (Å²) in [6, 6.07) is 5.38. The topological polar surface area (TPSA) is 12.0 Å². The van der Waals surface area contributed by atoms with Gasteiger partial charge in [0.05, 0.1) is 0 Å². The second kappa shape index (κ2) is 5.99. The van der Waals surface area contributed by atoms with E-state index < -0.39 is 0 Å². The van der Waals surface area contributed by atoms with Crippen LogP contribution in [0.15, 0.2) is 30.2 Å². The van der Waals surface area contributed by atoms with Crippen LogP contribution in [0.2, 0.25) is 0 Å². The molecule has 0 aliphatic carbocycles. The molecule has 0 amide bonds. The van der Waals surface area contributed by atoms with Gasteiger partial charge in [-0.05, 0) is 38.1 Å². The first-order valence-electron chi connectivity index (χ1n) is 5.11. The van der Waals surface area contributed by atoms with E-state index in [0.717, 1.165) is 12.8 Å². The van der Waals surface area contributed by atoms with E-state index >= 15 is 0 Å². The lowest BCUT2D eigenvalue weighted by Gasteiger charge is -2.18. The molecule has 0 aromatic carbocycles. The molecule has 0 spiro atoms. The van der Waals surface area contributed by atoms with Crippen molar-refractivity contribution in [2.24, 2.45) is 0 Å². The van der Waals surface area contributed by atoms with Gasteiger partial charge in [0.15, 0.2) is 0 Å². The molecular formula is C12H19NS. The Bertz CT molecular complexity index is 253. The van der Waals surface area contributed by atoms with Crippen LogP contribution in [0.1, 0.15) is 25.1 Å². The molecule has 2 unspecified atom stereocenters. The standard InChI is InChI=1S/C12H19NS/c1-4-6-10(2)13-11(3)9-12-7-5-8-14-12/h4-5,7-8,10-11,13H,1,6,9H2,2-3H3. The third-order valence-corrected chi connectivity index (χ3v) is 3.08. The summed E-state index contributed by atoms with van der Waals surface area (Å²) in [5.74, 6) is 0. The van der Waals surface area contributed by atoms with Crippen molar-refractivity contribution in [1.82, 2.24) is 5.32 Å². The Morgan fingerprint density at radius 1 is 1.50 bits per heavy atom. The van der Waals surface area contributed by atoms with Gasteiger partial charge in [0, 0.05) is 17.0 Å². The Hall–Kier alpha value is -0.600. The minimum absolute atomic E-state index is 0.530. The molecule has 1 aromatic rings. The van der Waals surface area contributed by atoms with Crippen LogP contribution in [-0.2, 0) is 6.42 Å². The molecule has 2 heteroatoms. The zero-order valence-corrected chi connectivity index (χ0v) is 9.81. The maximum absolute atomic E-state index is 3.75. The first-order chi connectivity index (χ1) is 6.72. The van der Waals surface area contributed by atoms with Crippen LogP contribution < -0.4 is 5.32 Å². The number of thiophene rings is 1. The quantitative estimate of drug-likeness (QED) is 0.709. The second-order valence-electron chi connectivity index (χ2n) is 3.78. The fourth-order valence-corrected chi connectivity index (χ4v) is 2.43. The summed E-state index contributed by atoms with van der Waals surface area (Å²) in [6.45, 7) is 8.18. The van der Waals surface area contributed by atoms with Crippen LogP contribution in [0.3, 0.4) is 0 Å². The Balaban J connectivity index is 2.28. The van der Waals surface area contributed by atoms with E-state index in [2.05, 4.69) is 43.3 Å². The third-order valence-electron chi connectivity index (χ3n) is 2.18. The van der Waals surface area contributed by atoms with Crippen LogP contribution in [0, 0.1) is 0 Å². The SMILES string of the molecule is C=CCC(C)NC(C)Cc1cccs1. The maximum atomic E-state index is 3.75. The summed E-state index contributed by atoms with van der Waals surface area (Å²) in [4.78, 5) is 1.45. The fourth-order valence-electron chi connectivity index (χ4n) is 1.59. The van der Waals surface area contributed by atoms with Crippen molar-refractivity contribution in [2.45, 2.75) is 38.8 Å². The lowest BCUT2D eigenvalue weighted by molar-refractivity contribution is 0.469. The first-order valence-corrected chi connectivity index (χ1v) is 5.99. The highest BCUT2D eigenvalue weighted by molar-refractivity contribution is 7.09. The van der Waals surface area contributed by atoms with Gasteiger partial charge < -0.3 is 5.32 Å². The molecule has 78 valence electrons. The lowest BCUT2D eigenvalue weighted by Crippen LogP contribution is -2.35. The van der Waals surface area contributed by atoms with Crippen molar-refractivity contribution in [3.63, 3.8) is 0 Å². The van der Waals surface area contributed by atoms with Gasteiger partial charge in [-0.3, -0.25) is 0 Å². The van der Waals surface area contributed by atoms with E-state index in [4.69, 9.17) is 0 Å². The van der Waals surface area contributed by atoms with E-state index in [9.17, 15) is 0 Å². The minimum Gasteiger partial charge on any atom is -0.311 e. The van der Waals surface area contributed by atoms with E-state index in [1.165, 1.54) is 4.88 Å². The molecule has 1 N–H and O–H groups in total. The van der Waals surface area contributed by atoms with E-state index in [-0.39, 0.29) is 0 Å². The summed E-state index contributed by atoms with van der Waals surface area (Å²) < 4.78 is 0. The monoisotopic (exact) mass is 209 g/mol. The van der Waals surface area contributed by atoms with Crippen LogP contribution in [0.25, 0.3) is 0 Å². The Morgan fingerprint density at radius 2 is 2.29 bits per heavy atom. The zero-order valence-electron chi connectivity index (χ0n) is 8.99. The fraction of sp³-hybridized carbons (Fsp3) is 0.500. The van der Waals surface area contributed by atoms with E-state index in [1.54, 1.807) is 0 Å². The number of hydrogen-bond acceptors (Lipinski definition) is 2. The van der Waals surface area contributed by atoms with E-state index in [0.29, 0.717) is 12.1 Å². The second-order valence-corrected chi connectivity index (χ2v) is 4.81. The third kappa shape index (κ3) is 4.07. The van der Waals surface area contributed by atoms with Gasteiger partial charge in [-0.1, -0.05) is 12.1 Å². The Kier molecular flexibility index (Phi) is 4.91. The highest BCUT2D eigenvalue weighted by Gasteiger charge is 2.06. The molecule has 0 bridgehead atoms. The molecule has 0 fully saturated rings. The molecule has 1 aromatic heterocycles. The Morgan fingerprint density at radius 3 is 2.86 bits per heavy atom. The van der Waals surface area contributed by atoms with Crippen molar-refractivity contribution in [3.8, 4) is 0 Å². The van der Waals surface area contributed by atoms with Gasteiger partial charge in [0.2, 0.25) is 0 Å². The predicted octanol–water partition coefficient (Wildman–Crippen LogP) is 3.23. The molecule has 0 saturated heterocycles. The number of rotatable bonds is 6. The van der Waals surface area contributed by atoms with Crippen LogP contribution in [0.5, 0.6) is 0 Å². The maximum Gasteiger partial charge on any atom is 0.00896 e. The molecular weight excluding hydrogens is 190 g/mol. The molecule has 1 heterocycles. The minimum atomic E-state index is 0.530. The van der Waals surface area contributed by atoms with Crippen molar-refractivity contribution in [1.29, 1.82) is 0 Å². The van der Waals surface area contributed by atoms with Gasteiger partial charge >= 0.3 is 0 Å². The van der Waals surface area contributed by atoms with Gasteiger partial charge in [-0.15, -0.1) is 17.9 Å². The highest BCUT2D eigenvalue weighted by atomic mass is 32.1. The van der Waals surface area contributed by atoms with Crippen molar-refractivity contribution >= 4 is 11.3 Å². The number of nitrogens with one attached hydrogen (secondary N) is 1. The lowest BCUT2D eigenvalue weighted by atomic mass is 10.1. The average Bonchev–Trinajstić information content (AvgIpc) is 2.56. The highest BCUT2D eigenvalue weighted by Crippen LogP contribution is 2.11. The summed E-state index contributed by atoms with van der Waals surface area (Å²) in [5, 5.41) is 5.69. The summed E-state index contributed by atoms with van der Waals surface area (Å²) in [7, 11) is 0. The molecule has 0 saturated carbocycles. The van der Waals surface area contributed by atoms with Crippen molar-refractivity contribution in [3.05, 3.63) is 35.0 Å². The van der Waals surface area contributed by atoms with Crippen LogP contribution in [-0.4, -0.2) is 12.1 Å². The van der Waals surface area contributed by atoms with Gasteiger partial charge in [0.1, 0.15) is 0 Å². The van der Waals surface area contributed by atoms with E-state index in [1.807, 2.05) is 17.4 Å². The molecule has 0 aliphatic rings. The number of hydrogen-bond donors (Lipinski definition) is 1. The largest absolute Gasteiger partial charge is 0.311 e. The molecule has 2 atom stereocenters.